The molecule has 0 unspecified atom stereocenters. The van der Waals surface area contributed by atoms with Gasteiger partial charge in [0.25, 0.3) is 0 Å². The minimum Gasteiger partial charge on any atom is -0.393 e. The lowest BCUT2D eigenvalue weighted by atomic mass is 10.0. The third-order valence-corrected chi connectivity index (χ3v) is 2.25. The molecule has 0 aliphatic carbocycles. The van der Waals surface area contributed by atoms with E-state index in [1.807, 2.05) is 0 Å². The molecule has 0 fully saturated rings. The first-order valence-electron chi connectivity index (χ1n) is 4.78. The zero-order chi connectivity index (χ0) is 11.5. The van der Waals surface area contributed by atoms with Gasteiger partial charge in [0.05, 0.1) is 11.7 Å². The summed E-state index contributed by atoms with van der Waals surface area (Å²) in [6.07, 6.45) is -4.56. The number of halogens is 3. The summed E-state index contributed by atoms with van der Waals surface area (Å²) in [5, 5.41) is 9.33. The lowest BCUT2D eigenvalue weighted by molar-refractivity contribution is -0.138. The average Bonchev–Trinajstić information content (AvgIpc) is 2.17. The fourth-order valence-corrected chi connectivity index (χ4v) is 1.37. The summed E-state index contributed by atoms with van der Waals surface area (Å²) < 4.78 is 37.6. The average molecular weight is 218 g/mol. The fourth-order valence-electron chi connectivity index (χ4n) is 1.37. The molecule has 0 aliphatic rings. The van der Waals surface area contributed by atoms with E-state index in [4.69, 9.17) is 0 Å². The van der Waals surface area contributed by atoms with Gasteiger partial charge in [-0.05, 0) is 24.5 Å². The van der Waals surface area contributed by atoms with Gasteiger partial charge in [-0.15, -0.1) is 0 Å². The van der Waals surface area contributed by atoms with Crippen molar-refractivity contribution in [1.82, 2.24) is 0 Å². The highest BCUT2D eigenvalue weighted by Gasteiger charge is 2.32. The standard InChI is InChI=1S/C11H13F3O/c1-2-9(15)7-8-5-3-4-6-10(8)11(12,13)14/h3-6,9,15H,2,7H2,1H3/t9-/m1/s1. The molecule has 4 heteroatoms. The molecule has 0 heterocycles. The number of rotatable bonds is 3. The zero-order valence-corrected chi connectivity index (χ0v) is 8.38. The summed E-state index contributed by atoms with van der Waals surface area (Å²) in [5.74, 6) is 0. The number of aliphatic hydroxyl groups is 1. The normalized spacial score (nSPS) is 13.9. The Morgan fingerprint density at radius 2 is 1.87 bits per heavy atom. The Bertz CT molecular complexity index is 320. The molecule has 0 aliphatic heterocycles. The topological polar surface area (TPSA) is 20.2 Å². The second-order valence-electron chi connectivity index (χ2n) is 3.42. The Balaban J connectivity index is 2.97. The molecule has 1 atom stereocenters. The van der Waals surface area contributed by atoms with Crippen LogP contribution in [-0.4, -0.2) is 11.2 Å². The lowest BCUT2D eigenvalue weighted by Gasteiger charge is -2.14. The number of alkyl halides is 3. The van der Waals surface area contributed by atoms with Crippen molar-refractivity contribution in [2.45, 2.75) is 32.0 Å². The quantitative estimate of drug-likeness (QED) is 0.826. The van der Waals surface area contributed by atoms with Crippen LogP contribution in [0.2, 0.25) is 0 Å². The van der Waals surface area contributed by atoms with Gasteiger partial charge in [-0.25, -0.2) is 0 Å². The molecule has 0 bridgehead atoms. The van der Waals surface area contributed by atoms with Gasteiger partial charge >= 0.3 is 6.18 Å². The van der Waals surface area contributed by atoms with Crippen LogP contribution in [0.4, 0.5) is 13.2 Å². The Morgan fingerprint density at radius 3 is 2.40 bits per heavy atom. The number of hydrogen-bond acceptors (Lipinski definition) is 1. The molecule has 1 aromatic rings. The van der Waals surface area contributed by atoms with Crippen LogP contribution in [0.5, 0.6) is 0 Å². The van der Waals surface area contributed by atoms with Crippen molar-refractivity contribution in [1.29, 1.82) is 0 Å². The highest BCUT2D eigenvalue weighted by molar-refractivity contribution is 5.30. The van der Waals surface area contributed by atoms with E-state index >= 15 is 0 Å². The maximum absolute atomic E-state index is 12.5. The minimum atomic E-state index is -4.34. The van der Waals surface area contributed by atoms with Crippen molar-refractivity contribution in [2.75, 3.05) is 0 Å². The van der Waals surface area contributed by atoms with Gasteiger partial charge in [0, 0.05) is 0 Å². The van der Waals surface area contributed by atoms with Gasteiger partial charge in [0.2, 0.25) is 0 Å². The predicted molar refractivity (Wildman–Crippen MR) is 51.4 cm³/mol. The summed E-state index contributed by atoms with van der Waals surface area (Å²) in [6.45, 7) is 1.74. The highest BCUT2D eigenvalue weighted by atomic mass is 19.4. The van der Waals surface area contributed by atoms with Gasteiger partial charge < -0.3 is 5.11 Å². The molecular formula is C11H13F3O. The summed E-state index contributed by atoms with van der Waals surface area (Å²) in [6, 6.07) is 5.34. The van der Waals surface area contributed by atoms with Crippen LogP contribution in [0.1, 0.15) is 24.5 Å². The van der Waals surface area contributed by atoms with E-state index in [2.05, 4.69) is 0 Å². The Labute approximate surface area is 86.5 Å². The molecule has 1 aromatic carbocycles. The van der Waals surface area contributed by atoms with Crippen molar-refractivity contribution < 1.29 is 18.3 Å². The number of hydrogen-bond donors (Lipinski definition) is 1. The maximum Gasteiger partial charge on any atom is 0.416 e. The number of aliphatic hydroxyl groups excluding tert-OH is 1. The molecule has 0 saturated carbocycles. The Kier molecular flexibility index (Phi) is 3.74. The third kappa shape index (κ3) is 3.23. The summed E-state index contributed by atoms with van der Waals surface area (Å²) in [4.78, 5) is 0. The molecule has 1 nitrogen and oxygen atoms in total. The summed E-state index contributed by atoms with van der Waals surface area (Å²) in [5.41, 5.74) is -0.503. The molecule has 15 heavy (non-hydrogen) atoms. The molecule has 0 saturated heterocycles. The molecule has 1 rings (SSSR count). The van der Waals surface area contributed by atoms with E-state index in [0.29, 0.717) is 6.42 Å². The van der Waals surface area contributed by atoms with Crippen molar-refractivity contribution in [2.24, 2.45) is 0 Å². The molecular weight excluding hydrogens is 205 g/mol. The van der Waals surface area contributed by atoms with Gasteiger partial charge in [0.15, 0.2) is 0 Å². The van der Waals surface area contributed by atoms with Crippen molar-refractivity contribution >= 4 is 0 Å². The first-order chi connectivity index (χ1) is 6.95. The van der Waals surface area contributed by atoms with Crippen molar-refractivity contribution in [3.05, 3.63) is 35.4 Å². The summed E-state index contributed by atoms with van der Waals surface area (Å²) in [7, 11) is 0. The van der Waals surface area contributed by atoms with Crippen LogP contribution in [-0.2, 0) is 12.6 Å². The van der Waals surface area contributed by atoms with Crippen LogP contribution in [0, 0.1) is 0 Å². The highest BCUT2D eigenvalue weighted by Crippen LogP contribution is 2.32. The smallest absolute Gasteiger partial charge is 0.393 e. The van der Waals surface area contributed by atoms with Gasteiger partial charge in [-0.1, -0.05) is 25.1 Å². The largest absolute Gasteiger partial charge is 0.416 e. The van der Waals surface area contributed by atoms with Gasteiger partial charge in [-0.3, -0.25) is 0 Å². The SMILES string of the molecule is CC[C@@H](O)Cc1ccccc1C(F)(F)F. The van der Waals surface area contributed by atoms with Crippen molar-refractivity contribution in [3.8, 4) is 0 Å². The van der Waals surface area contributed by atoms with Crippen molar-refractivity contribution in [3.63, 3.8) is 0 Å². The second kappa shape index (κ2) is 4.66. The van der Waals surface area contributed by atoms with E-state index in [1.54, 1.807) is 13.0 Å². The maximum atomic E-state index is 12.5. The molecule has 0 amide bonds. The lowest BCUT2D eigenvalue weighted by Crippen LogP contribution is -2.14. The number of benzene rings is 1. The predicted octanol–water partition coefficient (Wildman–Crippen LogP) is 3.02. The molecule has 0 radical (unpaired) electrons. The Morgan fingerprint density at radius 1 is 1.27 bits per heavy atom. The van der Waals surface area contributed by atoms with E-state index in [9.17, 15) is 18.3 Å². The van der Waals surface area contributed by atoms with E-state index in [-0.39, 0.29) is 12.0 Å². The first-order valence-corrected chi connectivity index (χ1v) is 4.78. The van der Waals surface area contributed by atoms with Crippen LogP contribution < -0.4 is 0 Å². The van der Waals surface area contributed by atoms with Crippen LogP contribution >= 0.6 is 0 Å². The summed E-state index contributed by atoms with van der Waals surface area (Å²) >= 11 is 0. The van der Waals surface area contributed by atoms with E-state index in [0.717, 1.165) is 6.07 Å². The first kappa shape index (κ1) is 12.0. The third-order valence-electron chi connectivity index (χ3n) is 2.25. The van der Waals surface area contributed by atoms with Crippen LogP contribution in [0.3, 0.4) is 0 Å². The van der Waals surface area contributed by atoms with Crippen LogP contribution in [0.15, 0.2) is 24.3 Å². The minimum absolute atomic E-state index is 0.0478. The van der Waals surface area contributed by atoms with E-state index < -0.39 is 17.8 Å². The fraction of sp³-hybridized carbons (Fsp3) is 0.455. The van der Waals surface area contributed by atoms with Gasteiger partial charge in [-0.2, -0.15) is 13.2 Å². The molecule has 1 N–H and O–H groups in total. The second-order valence-corrected chi connectivity index (χ2v) is 3.42. The monoisotopic (exact) mass is 218 g/mol. The van der Waals surface area contributed by atoms with Gasteiger partial charge in [0.1, 0.15) is 0 Å². The Hall–Kier alpha value is -1.03. The zero-order valence-electron chi connectivity index (χ0n) is 8.38. The molecule has 0 aromatic heterocycles. The molecule has 0 spiro atoms. The van der Waals surface area contributed by atoms with E-state index in [1.165, 1.54) is 12.1 Å². The van der Waals surface area contributed by atoms with Crippen LogP contribution in [0.25, 0.3) is 0 Å². The molecule has 84 valence electrons.